The van der Waals surface area contributed by atoms with E-state index in [-0.39, 0.29) is 17.1 Å². The summed E-state index contributed by atoms with van der Waals surface area (Å²) >= 11 is 0. The van der Waals surface area contributed by atoms with E-state index in [9.17, 15) is 9.59 Å². The maximum absolute atomic E-state index is 13.7. The van der Waals surface area contributed by atoms with Crippen LogP contribution in [0.15, 0.2) is 51.7 Å². The molecule has 3 aromatic rings. The van der Waals surface area contributed by atoms with Crippen LogP contribution in [0.3, 0.4) is 0 Å². The van der Waals surface area contributed by atoms with Crippen molar-refractivity contribution >= 4 is 16.9 Å². The van der Waals surface area contributed by atoms with Crippen molar-refractivity contribution < 1.29 is 18.7 Å². The zero-order valence-electron chi connectivity index (χ0n) is 19.7. The molecule has 1 aromatic heterocycles. The molecule has 5 rings (SSSR count). The van der Waals surface area contributed by atoms with Crippen LogP contribution in [0.4, 0.5) is 0 Å². The van der Waals surface area contributed by atoms with Gasteiger partial charge in [-0.1, -0.05) is 25.1 Å². The SMILES string of the molecule is CCOc1ccc(C2c3c(oc4ccc(CC)cc4c3=O)C(=O)N2CCN2CCOCC2)cc1. The van der Waals surface area contributed by atoms with Crippen molar-refractivity contribution in [2.75, 3.05) is 46.0 Å². The number of nitrogens with zero attached hydrogens (tertiary/aromatic N) is 2. The molecule has 2 aliphatic heterocycles. The predicted octanol–water partition coefficient (Wildman–Crippen LogP) is 3.63. The Hall–Kier alpha value is -3.16. The van der Waals surface area contributed by atoms with Gasteiger partial charge in [0, 0.05) is 26.2 Å². The van der Waals surface area contributed by atoms with Gasteiger partial charge in [0.25, 0.3) is 5.91 Å². The highest BCUT2D eigenvalue weighted by Gasteiger charge is 2.42. The average Bonchev–Trinajstić information content (AvgIpc) is 3.15. The van der Waals surface area contributed by atoms with E-state index in [1.165, 1.54) is 0 Å². The molecule has 34 heavy (non-hydrogen) atoms. The molecular weight excluding hydrogens is 432 g/mol. The lowest BCUT2D eigenvalue weighted by Crippen LogP contribution is -2.42. The molecule has 0 spiro atoms. The van der Waals surface area contributed by atoms with Crippen molar-refractivity contribution in [3.8, 4) is 5.75 Å². The van der Waals surface area contributed by atoms with E-state index in [2.05, 4.69) is 11.8 Å². The fraction of sp³-hybridized carbons (Fsp3) is 0.407. The Bertz CT molecular complexity index is 1240. The molecular formula is C27H30N2O5. The Morgan fingerprint density at radius 3 is 2.47 bits per heavy atom. The first-order valence-corrected chi connectivity index (χ1v) is 12.0. The number of carbonyl (C=O) groups excluding carboxylic acids is 1. The second kappa shape index (κ2) is 9.60. The van der Waals surface area contributed by atoms with Crippen molar-refractivity contribution in [2.45, 2.75) is 26.3 Å². The lowest BCUT2D eigenvalue weighted by molar-refractivity contribution is 0.0314. The van der Waals surface area contributed by atoms with Gasteiger partial charge in [-0.05, 0) is 48.7 Å². The average molecular weight is 463 g/mol. The molecule has 1 fully saturated rings. The van der Waals surface area contributed by atoms with E-state index in [4.69, 9.17) is 13.9 Å². The van der Waals surface area contributed by atoms with Gasteiger partial charge in [0.05, 0.1) is 36.8 Å². The Morgan fingerprint density at radius 1 is 1.00 bits per heavy atom. The summed E-state index contributed by atoms with van der Waals surface area (Å²) in [7, 11) is 0. The molecule has 1 amide bonds. The van der Waals surface area contributed by atoms with Gasteiger partial charge in [0.1, 0.15) is 11.3 Å². The number of amides is 1. The summed E-state index contributed by atoms with van der Waals surface area (Å²) in [6.07, 6.45) is 0.819. The monoisotopic (exact) mass is 462 g/mol. The number of aryl methyl sites for hydroxylation is 1. The maximum atomic E-state index is 13.7. The summed E-state index contributed by atoms with van der Waals surface area (Å²) < 4.78 is 17.1. The minimum absolute atomic E-state index is 0.132. The second-order valence-electron chi connectivity index (χ2n) is 8.72. The zero-order valence-corrected chi connectivity index (χ0v) is 19.7. The van der Waals surface area contributed by atoms with E-state index in [0.29, 0.717) is 49.4 Å². The second-order valence-corrected chi connectivity index (χ2v) is 8.72. The van der Waals surface area contributed by atoms with Crippen LogP contribution in [0.25, 0.3) is 11.0 Å². The molecule has 0 saturated carbocycles. The quantitative estimate of drug-likeness (QED) is 0.534. The summed E-state index contributed by atoms with van der Waals surface area (Å²) in [6, 6.07) is 12.8. The van der Waals surface area contributed by atoms with Crippen LogP contribution in [0.1, 0.15) is 47.1 Å². The van der Waals surface area contributed by atoms with Gasteiger partial charge >= 0.3 is 0 Å². The molecule has 0 bridgehead atoms. The first kappa shape index (κ1) is 22.6. The van der Waals surface area contributed by atoms with Gasteiger partial charge in [-0.15, -0.1) is 0 Å². The summed E-state index contributed by atoms with van der Waals surface area (Å²) in [6.45, 7) is 8.84. The van der Waals surface area contributed by atoms with Crippen molar-refractivity contribution in [1.29, 1.82) is 0 Å². The fourth-order valence-corrected chi connectivity index (χ4v) is 4.85. The number of benzene rings is 2. The number of hydrogen-bond acceptors (Lipinski definition) is 6. The van der Waals surface area contributed by atoms with Gasteiger partial charge in [0.2, 0.25) is 5.76 Å². The van der Waals surface area contributed by atoms with Crippen LogP contribution < -0.4 is 10.2 Å². The molecule has 178 valence electrons. The summed E-state index contributed by atoms with van der Waals surface area (Å²) in [5.41, 5.74) is 2.68. The van der Waals surface area contributed by atoms with Crippen molar-refractivity contribution in [3.63, 3.8) is 0 Å². The van der Waals surface area contributed by atoms with E-state index in [1.54, 1.807) is 11.0 Å². The molecule has 7 heteroatoms. The third kappa shape index (κ3) is 4.10. The van der Waals surface area contributed by atoms with Gasteiger partial charge in [-0.25, -0.2) is 0 Å². The van der Waals surface area contributed by atoms with Crippen LogP contribution in [-0.4, -0.2) is 61.7 Å². The van der Waals surface area contributed by atoms with Gasteiger partial charge in [-0.3, -0.25) is 14.5 Å². The number of morpholine rings is 1. The van der Waals surface area contributed by atoms with Crippen molar-refractivity contribution in [1.82, 2.24) is 9.80 Å². The molecule has 0 N–H and O–H groups in total. The van der Waals surface area contributed by atoms with E-state index < -0.39 is 6.04 Å². The Labute approximate surface area is 198 Å². The van der Waals surface area contributed by atoms with Gasteiger partial charge < -0.3 is 18.8 Å². The van der Waals surface area contributed by atoms with Crippen molar-refractivity contribution in [2.24, 2.45) is 0 Å². The van der Waals surface area contributed by atoms with Crippen LogP contribution in [0.5, 0.6) is 5.75 Å². The molecule has 2 aliphatic rings. The first-order valence-electron chi connectivity index (χ1n) is 12.0. The zero-order chi connectivity index (χ0) is 23.7. The lowest BCUT2D eigenvalue weighted by atomic mass is 9.98. The molecule has 7 nitrogen and oxygen atoms in total. The Kier molecular flexibility index (Phi) is 6.39. The minimum atomic E-state index is -0.495. The molecule has 2 aromatic carbocycles. The smallest absolute Gasteiger partial charge is 0.290 e. The third-order valence-electron chi connectivity index (χ3n) is 6.71. The summed E-state index contributed by atoms with van der Waals surface area (Å²) in [5, 5.41) is 0.525. The Morgan fingerprint density at radius 2 is 1.76 bits per heavy atom. The van der Waals surface area contributed by atoms with E-state index in [0.717, 1.165) is 36.4 Å². The molecule has 1 unspecified atom stereocenters. The maximum Gasteiger partial charge on any atom is 0.290 e. The minimum Gasteiger partial charge on any atom is -0.494 e. The summed E-state index contributed by atoms with van der Waals surface area (Å²) in [5.74, 6) is 0.678. The van der Waals surface area contributed by atoms with Gasteiger partial charge in [-0.2, -0.15) is 0 Å². The number of ether oxygens (including phenoxy) is 2. The Balaban J connectivity index is 1.58. The highest BCUT2D eigenvalue weighted by atomic mass is 16.5. The number of carbonyl (C=O) groups is 1. The van der Waals surface area contributed by atoms with Crippen LogP contribution in [0.2, 0.25) is 0 Å². The van der Waals surface area contributed by atoms with Gasteiger partial charge in [0.15, 0.2) is 5.43 Å². The fourth-order valence-electron chi connectivity index (χ4n) is 4.85. The topological polar surface area (TPSA) is 72.2 Å². The molecule has 1 saturated heterocycles. The molecule has 0 aliphatic carbocycles. The third-order valence-corrected chi connectivity index (χ3v) is 6.71. The molecule has 1 atom stereocenters. The highest BCUT2D eigenvalue weighted by molar-refractivity contribution is 5.99. The normalized spacial score (nSPS) is 18.5. The van der Waals surface area contributed by atoms with Crippen LogP contribution in [0, 0.1) is 0 Å². The molecule has 0 radical (unpaired) electrons. The highest BCUT2D eigenvalue weighted by Crippen LogP contribution is 2.38. The van der Waals surface area contributed by atoms with E-state index >= 15 is 0 Å². The first-order chi connectivity index (χ1) is 16.6. The van der Waals surface area contributed by atoms with Crippen LogP contribution in [-0.2, 0) is 11.2 Å². The lowest BCUT2D eigenvalue weighted by Gasteiger charge is -2.31. The number of rotatable bonds is 7. The summed E-state index contributed by atoms with van der Waals surface area (Å²) in [4.78, 5) is 31.4. The number of hydrogen-bond donors (Lipinski definition) is 0. The van der Waals surface area contributed by atoms with E-state index in [1.807, 2.05) is 43.3 Å². The van der Waals surface area contributed by atoms with Crippen molar-refractivity contribution in [3.05, 3.63) is 75.1 Å². The largest absolute Gasteiger partial charge is 0.494 e. The predicted molar refractivity (Wildman–Crippen MR) is 130 cm³/mol. The molecule has 3 heterocycles. The standard InChI is InChI=1S/C27H30N2O5/c1-3-18-5-10-22-21(17-18)25(30)23-24(19-6-8-20(9-7-19)33-4-2)29(27(31)26(23)34-22)12-11-28-13-15-32-16-14-28/h5-10,17,24H,3-4,11-16H2,1-2H3. The number of fused-ring (bicyclic) bond motifs is 2. The van der Waals surface area contributed by atoms with Crippen LogP contribution >= 0.6 is 0 Å².